The van der Waals surface area contributed by atoms with Crippen LogP contribution in [0.25, 0.3) is 22.0 Å². The molecule has 144 valence electrons. The van der Waals surface area contributed by atoms with E-state index < -0.39 is 0 Å². The Hall–Kier alpha value is -3.50. The largest absolute Gasteiger partial charge is 0.481 e. The third-order valence-corrected chi connectivity index (χ3v) is 4.99. The molecule has 29 heavy (non-hydrogen) atoms. The highest BCUT2D eigenvalue weighted by atomic mass is 16.5. The minimum absolute atomic E-state index is 0.0298. The molecule has 0 radical (unpaired) electrons. The van der Waals surface area contributed by atoms with Crippen LogP contribution in [0.1, 0.15) is 27.0 Å². The lowest BCUT2D eigenvalue weighted by atomic mass is 9.95. The van der Waals surface area contributed by atoms with Crippen molar-refractivity contribution in [2.45, 2.75) is 13.5 Å². The van der Waals surface area contributed by atoms with E-state index in [1.807, 2.05) is 73.7 Å². The molecule has 0 unspecified atom stereocenters. The maximum absolute atomic E-state index is 13.0. The van der Waals surface area contributed by atoms with Gasteiger partial charge in [-0.2, -0.15) is 0 Å². The van der Waals surface area contributed by atoms with Crippen LogP contribution in [0.5, 0.6) is 5.88 Å². The van der Waals surface area contributed by atoms with Crippen LogP contribution in [0, 0.1) is 6.92 Å². The SMILES string of the molecule is COc1cc(-c2cccc(CO)c2)c2cc(C(=O)c3ccc(C)cc3)ccc2n1. The summed E-state index contributed by atoms with van der Waals surface area (Å²) in [7, 11) is 1.58. The minimum atomic E-state index is -0.0366. The Morgan fingerprint density at radius 2 is 1.72 bits per heavy atom. The summed E-state index contributed by atoms with van der Waals surface area (Å²) in [4.78, 5) is 17.5. The Morgan fingerprint density at radius 1 is 0.966 bits per heavy atom. The number of nitrogens with zero attached hydrogens (tertiary/aromatic N) is 1. The topological polar surface area (TPSA) is 59.4 Å². The van der Waals surface area contributed by atoms with Crippen LogP contribution in [0.15, 0.2) is 72.8 Å². The lowest BCUT2D eigenvalue weighted by Crippen LogP contribution is -2.02. The summed E-state index contributed by atoms with van der Waals surface area (Å²) < 4.78 is 5.37. The van der Waals surface area contributed by atoms with Crippen molar-refractivity contribution in [3.05, 3.63) is 95.1 Å². The fourth-order valence-corrected chi connectivity index (χ4v) is 3.39. The van der Waals surface area contributed by atoms with E-state index in [-0.39, 0.29) is 12.4 Å². The summed E-state index contributed by atoms with van der Waals surface area (Å²) in [6, 6.07) is 22.6. The first-order valence-electron chi connectivity index (χ1n) is 9.39. The fourth-order valence-electron chi connectivity index (χ4n) is 3.39. The standard InChI is InChI=1S/C25H21NO3/c1-16-6-8-18(9-7-16)25(28)20-10-11-23-22(13-20)21(14-24(26-23)29-2)19-5-3-4-17(12-19)15-27/h3-14,27H,15H2,1-2H3. The number of aromatic nitrogens is 1. The molecule has 0 amide bonds. The van der Waals surface area contributed by atoms with Crippen molar-refractivity contribution in [2.75, 3.05) is 7.11 Å². The predicted octanol–water partition coefficient (Wildman–Crippen LogP) is 4.94. The molecule has 1 aromatic heterocycles. The van der Waals surface area contributed by atoms with Crippen LogP contribution in [-0.2, 0) is 6.61 Å². The third kappa shape index (κ3) is 3.75. The van der Waals surface area contributed by atoms with Crippen LogP contribution in [-0.4, -0.2) is 23.0 Å². The van der Waals surface area contributed by atoms with E-state index in [0.29, 0.717) is 17.0 Å². The number of fused-ring (bicyclic) bond motifs is 1. The molecule has 1 N–H and O–H groups in total. The zero-order valence-corrected chi connectivity index (χ0v) is 16.3. The van der Waals surface area contributed by atoms with Gasteiger partial charge in [0.15, 0.2) is 5.78 Å². The molecule has 4 aromatic rings. The molecule has 0 aliphatic heterocycles. The highest BCUT2D eigenvalue weighted by Gasteiger charge is 2.14. The molecule has 0 aliphatic carbocycles. The molecule has 0 spiro atoms. The second-order valence-electron chi connectivity index (χ2n) is 7.00. The molecular weight excluding hydrogens is 362 g/mol. The summed E-state index contributed by atoms with van der Waals surface area (Å²) in [5.74, 6) is 0.470. The molecule has 4 rings (SSSR count). The normalized spacial score (nSPS) is 10.9. The van der Waals surface area contributed by atoms with E-state index in [1.165, 1.54) is 0 Å². The minimum Gasteiger partial charge on any atom is -0.481 e. The van der Waals surface area contributed by atoms with Gasteiger partial charge in [0.25, 0.3) is 0 Å². The Morgan fingerprint density at radius 3 is 2.45 bits per heavy atom. The van der Waals surface area contributed by atoms with E-state index in [0.717, 1.165) is 33.2 Å². The number of aryl methyl sites for hydroxylation is 1. The summed E-state index contributed by atoms with van der Waals surface area (Å²) in [6.07, 6.45) is 0. The van der Waals surface area contributed by atoms with Crippen molar-refractivity contribution in [3.63, 3.8) is 0 Å². The number of carbonyl (C=O) groups is 1. The molecule has 4 nitrogen and oxygen atoms in total. The van der Waals surface area contributed by atoms with E-state index >= 15 is 0 Å². The fraction of sp³-hybridized carbons (Fsp3) is 0.120. The van der Waals surface area contributed by atoms with Gasteiger partial charge >= 0.3 is 0 Å². The van der Waals surface area contributed by atoms with Crippen LogP contribution >= 0.6 is 0 Å². The molecule has 0 aliphatic rings. The number of aliphatic hydroxyl groups excluding tert-OH is 1. The van der Waals surface area contributed by atoms with Gasteiger partial charge in [-0.15, -0.1) is 0 Å². The number of pyridine rings is 1. The highest BCUT2D eigenvalue weighted by Crippen LogP contribution is 2.32. The first kappa shape index (κ1) is 18.8. The monoisotopic (exact) mass is 383 g/mol. The second kappa shape index (κ2) is 7.86. The lowest BCUT2D eigenvalue weighted by molar-refractivity contribution is 0.103. The van der Waals surface area contributed by atoms with Crippen molar-refractivity contribution >= 4 is 16.7 Å². The zero-order valence-electron chi connectivity index (χ0n) is 16.3. The molecule has 0 atom stereocenters. The van der Waals surface area contributed by atoms with Gasteiger partial charge in [-0.1, -0.05) is 48.0 Å². The van der Waals surface area contributed by atoms with Crippen molar-refractivity contribution < 1.29 is 14.6 Å². The Labute approximate surface area is 169 Å². The zero-order chi connectivity index (χ0) is 20.4. The molecule has 0 fully saturated rings. The average molecular weight is 383 g/mol. The number of aliphatic hydroxyl groups is 1. The Kier molecular flexibility index (Phi) is 5.10. The first-order chi connectivity index (χ1) is 14.1. The van der Waals surface area contributed by atoms with Gasteiger partial charge in [-0.05, 0) is 47.9 Å². The number of carbonyl (C=O) groups excluding carboxylic acids is 1. The number of ether oxygens (including phenoxy) is 1. The second-order valence-corrected chi connectivity index (χ2v) is 7.00. The predicted molar refractivity (Wildman–Crippen MR) is 114 cm³/mol. The maximum atomic E-state index is 13.0. The van der Waals surface area contributed by atoms with Gasteiger partial charge in [-0.3, -0.25) is 4.79 Å². The summed E-state index contributed by atoms with van der Waals surface area (Å²) in [5, 5.41) is 10.4. The molecular formula is C25H21NO3. The van der Waals surface area contributed by atoms with Gasteiger partial charge in [0.2, 0.25) is 5.88 Å². The van der Waals surface area contributed by atoms with Crippen molar-refractivity contribution in [2.24, 2.45) is 0 Å². The highest BCUT2D eigenvalue weighted by molar-refractivity contribution is 6.11. The van der Waals surface area contributed by atoms with Crippen molar-refractivity contribution in [3.8, 4) is 17.0 Å². The number of benzene rings is 3. The van der Waals surface area contributed by atoms with Gasteiger partial charge in [0.05, 0.1) is 19.2 Å². The van der Waals surface area contributed by atoms with Crippen molar-refractivity contribution in [1.82, 2.24) is 4.98 Å². The average Bonchev–Trinajstić information content (AvgIpc) is 2.78. The first-order valence-corrected chi connectivity index (χ1v) is 9.39. The molecule has 3 aromatic carbocycles. The van der Waals surface area contributed by atoms with E-state index in [1.54, 1.807) is 13.2 Å². The molecule has 0 saturated heterocycles. The number of methoxy groups -OCH3 is 1. The van der Waals surface area contributed by atoms with Crippen LogP contribution in [0.2, 0.25) is 0 Å². The van der Waals surface area contributed by atoms with Gasteiger partial charge in [-0.25, -0.2) is 4.98 Å². The number of rotatable bonds is 5. The Bertz CT molecular complexity index is 1200. The summed E-state index contributed by atoms with van der Waals surface area (Å²) in [6.45, 7) is 1.96. The van der Waals surface area contributed by atoms with E-state index in [2.05, 4.69) is 4.98 Å². The molecule has 0 bridgehead atoms. The van der Waals surface area contributed by atoms with Gasteiger partial charge < -0.3 is 9.84 Å². The van der Waals surface area contributed by atoms with Crippen molar-refractivity contribution in [1.29, 1.82) is 0 Å². The quantitative estimate of drug-likeness (QED) is 0.496. The summed E-state index contributed by atoms with van der Waals surface area (Å²) >= 11 is 0. The van der Waals surface area contributed by atoms with Crippen LogP contribution < -0.4 is 4.74 Å². The number of hydrogen-bond acceptors (Lipinski definition) is 4. The smallest absolute Gasteiger partial charge is 0.214 e. The van der Waals surface area contributed by atoms with E-state index in [9.17, 15) is 9.90 Å². The lowest BCUT2D eigenvalue weighted by Gasteiger charge is -2.12. The van der Waals surface area contributed by atoms with Gasteiger partial charge in [0, 0.05) is 22.6 Å². The van der Waals surface area contributed by atoms with E-state index in [4.69, 9.17) is 4.74 Å². The maximum Gasteiger partial charge on any atom is 0.214 e. The Balaban J connectivity index is 1.88. The molecule has 4 heteroatoms. The number of ketones is 1. The van der Waals surface area contributed by atoms with Crippen LogP contribution in [0.3, 0.4) is 0 Å². The molecule has 1 heterocycles. The third-order valence-electron chi connectivity index (χ3n) is 4.99. The number of hydrogen-bond donors (Lipinski definition) is 1. The van der Waals surface area contributed by atoms with Gasteiger partial charge in [0.1, 0.15) is 0 Å². The summed E-state index contributed by atoms with van der Waals surface area (Å²) in [5.41, 5.74) is 5.77. The van der Waals surface area contributed by atoms with Crippen LogP contribution in [0.4, 0.5) is 0 Å². The molecule has 0 saturated carbocycles.